The van der Waals surface area contributed by atoms with E-state index in [0.29, 0.717) is 0 Å². The molecule has 0 unspecified atom stereocenters. The maximum Gasteiger partial charge on any atom is 0.265 e. The molecule has 19 heavy (non-hydrogen) atoms. The monoisotopic (exact) mass is 351 g/mol. The van der Waals surface area contributed by atoms with Crippen molar-refractivity contribution in [2.24, 2.45) is 0 Å². The summed E-state index contributed by atoms with van der Waals surface area (Å²) in [5, 5.41) is 4.97. The molecular weight excluding hydrogens is 342 g/mol. The number of nitrogens with one attached hydrogen (secondary N) is 1. The number of fused-ring (bicyclic) bond motifs is 1. The highest BCUT2D eigenvalue weighted by Gasteiger charge is 2.11. The summed E-state index contributed by atoms with van der Waals surface area (Å²) in [4.78, 5) is 12.9. The lowest BCUT2D eigenvalue weighted by molar-refractivity contribution is 0.103. The maximum atomic E-state index is 12.2. The third kappa shape index (κ3) is 2.59. The zero-order chi connectivity index (χ0) is 13.4. The van der Waals surface area contributed by atoms with Gasteiger partial charge in [-0.25, -0.2) is 0 Å². The highest BCUT2D eigenvalue weighted by molar-refractivity contribution is 9.10. The first-order valence-electron chi connectivity index (χ1n) is 5.68. The molecule has 0 saturated heterocycles. The Hall–Kier alpha value is -1.17. The van der Waals surface area contributed by atoms with Gasteiger partial charge in [0.1, 0.15) is 0 Å². The SMILES string of the molecule is Cc1cc(NC(=O)c2cc3sccc3s2)ccc1Br. The molecule has 0 radical (unpaired) electrons. The summed E-state index contributed by atoms with van der Waals surface area (Å²) in [5.41, 5.74) is 1.92. The summed E-state index contributed by atoms with van der Waals surface area (Å²) in [5.74, 6) is -0.0462. The summed E-state index contributed by atoms with van der Waals surface area (Å²) in [6.07, 6.45) is 0. The van der Waals surface area contributed by atoms with Crippen molar-refractivity contribution in [3.8, 4) is 0 Å². The number of hydrogen-bond acceptors (Lipinski definition) is 3. The fraction of sp³-hybridized carbons (Fsp3) is 0.0714. The van der Waals surface area contributed by atoms with E-state index in [9.17, 15) is 4.79 Å². The van der Waals surface area contributed by atoms with Gasteiger partial charge in [0.25, 0.3) is 5.91 Å². The van der Waals surface area contributed by atoms with Gasteiger partial charge in [-0.05, 0) is 48.2 Å². The Balaban J connectivity index is 1.84. The van der Waals surface area contributed by atoms with Crippen molar-refractivity contribution in [2.75, 3.05) is 5.32 Å². The summed E-state index contributed by atoms with van der Waals surface area (Å²) < 4.78 is 3.38. The Morgan fingerprint density at radius 1 is 1.21 bits per heavy atom. The average Bonchev–Trinajstić information content (AvgIpc) is 2.94. The molecule has 0 aliphatic carbocycles. The molecule has 2 heterocycles. The third-order valence-electron chi connectivity index (χ3n) is 2.78. The molecule has 0 aliphatic rings. The zero-order valence-corrected chi connectivity index (χ0v) is 13.3. The van der Waals surface area contributed by atoms with Gasteiger partial charge in [0, 0.05) is 19.6 Å². The zero-order valence-electron chi connectivity index (χ0n) is 10.1. The molecule has 3 aromatic rings. The Kier molecular flexibility index (Phi) is 3.43. The van der Waals surface area contributed by atoms with E-state index < -0.39 is 0 Å². The second-order valence-corrected chi connectivity index (χ2v) is 7.06. The molecule has 96 valence electrons. The van der Waals surface area contributed by atoms with Crippen LogP contribution in [0.2, 0.25) is 0 Å². The fourth-order valence-corrected chi connectivity index (χ4v) is 4.04. The fourth-order valence-electron chi connectivity index (χ4n) is 1.79. The van der Waals surface area contributed by atoms with Crippen molar-refractivity contribution >= 4 is 59.6 Å². The molecule has 5 heteroatoms. The lowest BCUT2D eigenvalue weighted by Crippen LogP contribution is -2.10. The number of halogens is 1. The number of hydrogen-bond donors (Lipinski definition) is 1. The molecule has 1 N–H and O–H groups in total. The van der Waals surface area contributed by atoms with Crippen LogP contribution >= 0.6 is 38.6 Å². The van der Waals surface area contributed by atoms with Gasteiger partial charge in [-0.2, -0.15) is 0 Å². The summed E-state index contributed by atoms with van der Waals surface area (Å²) in [6.45, 7) is 2.00. The van der Waals surface area contributed by atoms with Gasteiger partial charge in [0.05, 0.1) is 4.88 Å². The summed E-state index contributed by atoms with van der Waals surface area (Å²) in [7, 11) is 0. The first kappa shape index (κ1) is 12.8. The number of carbonyl (C=O) groups is 1. The van der Waals surface area contributed by atoms with Crippen molar-refractivity contribution < 1.29 is 4.79 Å². The Labute approximate surface area is 127 Å². The molecule has 1 aromatic carbocycles. The van der Waals surface area contributed by atoms with Gasteiger partial charge >= 0.3 is 0 Å². The van der Waals surface area contributed by atoms with Crippen molar-refractivity contribution in [1.29, 1.82) is 0 Å². The molecular formula is C14H10BrNOS2. The van der Waals surface area contributed by atoms with Crippen LogP contribution in [0.5, 0.6) is 0 Å². The van der Waals surface area contributed by atoms with E-state index in [2.05, 4.69) is 21.2 Å². The minimum Gasteiger partial charge on any atom is -0.321 e. The molecule has 0 saturated carbocycles. The third-order valence-corrected chi connectivity index (χ3v) is 5.76. The van der Waals surface area contributed by atoms with Crippen molar-refractivity contribution in [1.82, 2.24) is 0 Å². The number of benzene rings is 1. The van der Waals surface area contributed by atoms with E-state index >= 15 is 0 Å². The van der Waals surface area contributed by atoms with E-state index in [1.54, 1.807) is 11.3 Å². The van der Waals surface area contributed by atoms with Crippen LogP contribution in [-0.2, 0) is 0 Å². The largest absolute Gasteiger partial charge is 0.321 e. The topological polar surface area (TPSA) is 29.1 Å². The van der Waals surface area contributed by atoms with E-state index in [-0.39, 0.29) is 5.91 Å². The normalized spacial score (nSPS) is 10.8. The number of amides is 1. The van der Waals surface area contributed by atoms with E-state index in [4.69, 9.17) is 0 Å². The van der Waals surface area contributed by atoms with Gasteiger partial charge in [-0.3, -0.25) is 4.79 Å². The second kappa shape index (κ2) is 5.07. The van der Waals surface area contributed by atoms with Gasteiger partial charge in [0.15, 0.2) is 0 Å². The van der Waals surface area contributed by atoms with Crippen LogP contribution in [0, 0.1) is 6.92 Å². The van der Waals surface area contributed by atoms with E-state index in [1.165, 1.54) is 20.7 Å². The van der Waals surface area contributed by atoms with Crippen LogP contribution in [0.15, 0.2) is 40.2 Å². The van der Waals surface area contributed by atoms with Crippen LogP contribution < -0.4 is 5.32 Å². The van der Waals surface area contributed by atoms with Crippen molar-refractivity contribution in [3.63, 3.8) is 0 Å². The Morgan fingerprint density at radius 2 is 2.05 bits per heavy atom. The summed E-state index contributed by atoms with van der Waals surface area (Å²) >= 11 is 6.64. The standard InChI is InChI=1S/C14H10BrNOS2/c1-8-6-9(2-3-10(8)15)16-14(17)13-7-12-11(19-13)4-5-18-12/h2-7H,1H3,(H,16,17). The molecule has 0 spiro atoms. The molecule has 2 nitrogen and oxygen atoms in total. The van der Waals surface area contributed by atoms with Gasteiger partial charge in [0.2, 0.25) is 0 Å². The second-order valence-electron chi connectivity index (χ2n) is 4.18. The number of anilines is 1. The molecule has 3 rings (SSSR count). The number of thiophene rings is 2. The summed E-state index contributed by atoms with van der Waals surface area (Å²) in [6, 6.07) is 9.79. The lowest BCUT2D eigenvalue weighted by Gasteiger charge is -2.05. The first-order chi connectivity index (χ1) is 9.13. The van der Waals surface area contributed by atoms with Crippen LogP contribution in [0.4, 0.5) is 5.69 Å². The number of carbonyl (C=O) groups excluding carboxylic acids is 1. The Bertz CT molecular complexity index is 731. The van der Waals surface area contributed by atoms with Crippen LogP contribution in [0.25, 0.3) is 9.40 Å². The maximum absolute atomic E-state index is 12.2. The van der Waals surface area contributed by atoms with E-state index in [1.807, 2.05) is 42.6 Å². The molecule has 2 aromatic heterocycles. The average molecular weight is 352 g/mol. The van der Waals surface area contributed by atoms with Crippen molar-refractivity contribution in [3.05, 3.63) is 50.6 Å². The predicted molar refractivity (Wildman–Crippen MR) is 86.5 cm³/mol. The van der Waals surface area contributed by atoms with Gasteiger partial charge in [-0.1, -0.05) is 15.9 Å². The lowest BCUT2D eigenvalue weighted by atomic mass is 10.2. The molecule has 0 atom stereocenters. The molecule has 0 fully saturated rings. The smallest absolute Gasteiger partial charge is 0.265 e. The van der Waals surface area contributed by atoms with Gasteiger partial charge < -0.3 is 5.32 Å². The van der Waals surface area contributed by atoms with Crippen LogP contribution in [-0.4, -0.2) is 5.91 Å². The molecule has 0 aliphatic heterocycles. The van der Waals surface area contributed by atoms with E-state index in [0.717, 1.165) is 20.6 Å². The minimum atomic E-state index is -0.0462. The highest BCUT2D eigenvalue weighted by Crippen LogP contribution is 2.30. The predicted octanol–water partition coefficient (Wildman–Crippen LogP) is 5.29. The van der Waals surface area contributed by atoms with Crippen molar-refractivity contribution in [2.45, 2.75) is 6.92 Å². The minimum absolute atomic E-state index is 0.0462. The highest BCUT2D eigenvalue weighted by atomic mass is 79.9. The van der Waals surface area contributed by atoms with Gasteiger partial charge in [-0.15, -0.1) is 22.7 Å². The Morgan fingerprint density at radius 3 is 2.79 bits per heavy atom. The number of aryl methyl sites for hydroxylation is 1. The molecule has 0 bridgehead atoms. The quantitative estimate of drug-likeness (QED) is 0.667. The van der Waals surface area contributed by atoms with Crippen LogP contribution in [0.1, 0.15) is 15.2 Å². The first-order valence-corrected chi connectivity index (χ1v) is 8.17. The number of rotatable bonds is 2. The van der Waals surface area contributed by atoms with Crippen LogP contribution in [0.3, 0.4) is 0 Å². The molecule has 1 amide bonds.